The first-order chi connectivity index (χ1) is 8.60. The van der Waals surface area contributed by atoms with E-state index in [-0.39, 0.29) is 10.8 Å². The van der Waals surface area contributed by atoms with Crippen molar-refractivity contribution in [2.24, 2.45) is 0 Å². The van der Waals surface area contributed by atoms with Crippen LogP contribution >= 0.6 is 11.6 Å². The first-order valence-corrected chi connectivity index (χ1v) is 5.73. The Kier molecular flexibility index (Phi) is 3.44. The van der Waals surface area contributed by atoms with E-state index in [1.165, 1.54) is 6.20 Å². The van der Waals surface area contributed by atoms with Crippen LogP contribution < -0.4 is 5.32 Å². The van der Waals surface area contributed by atoms with Gasteiger partial charge in [-0.2, -0.15) is 10.4 Å². The van der Waals surface area contributed by atoms with Crippen molar-refractivity contribution in [1.29, 1.82) is 5.26 Å². The molecule has 18 heavy (non-hydrogen) atoms. The first-order valence-electron chi connectivity index (χ1n) is 5.35. The molecule has 0 atom stereocenters. The number of nitrogens with zero attached hydrogens (tertiary/aromatic N) is 4. The Morgan fingerprint density at radius 3 is 2.78 bits per heavy atom. The number of aromatic amines is 1. The highest BCUT2D eigenvalue weighted by Gasteiger charge is 2.08. The molecule has 0 saturated carbocycles. The number of H-pyrrole nitrogens is 1. The summed E-state index contributed by atoms with van der Waals surface area (Å²) in [4.78, 5) is 7.89. The SMILES string of the molecule is CC(C)c1cc(Nc2cnc(C#N)c(Cl)n2)n[nH]1. The van der Waals surface area contributed by atoms with Crippen molar-refractivity contribution in [1.82, 2.24) is 20.2 Å². The van der Waals surface area contributed by atoms with Crippen LogP contribution in [0.4, 0.5) is 11.6 Å². The largest absolute Gasteiger partial charge is 0.322 e. The number of rotatable bonds is 3. The molecule has 7 heteroatoms. The summed E-state index contributed by atoms with van der Waals surface area (Å²) in [5, 5.41) is 18.7. The smallest absolute Gasteiger partial charge is 0.178 e. The molecule has 2 aromatic heterocycles. The molecule has 0 aliphatic carbocycles. The van der Waals surface area contributed by atoms with Crippen molar-refractivity contribution in [3.63, 3.8) is 0 Å². The molecule has 0 fully saturated rings. The second kappa shape index (κ2) is 5.02. The van der Waals surface area contributed by atoms with Crippen LogP contribution in [0, 0.1) is 11.3 Å². The Balaban J connectivity index is 2.18. The predicted molar refractivity (Wildman–Crippen MR) is 67.7 cm³/mol. The zero-order valence-corrected chi connectivity index (χ0v) is 10.7. The summed E-state index contributed by atoms with van der Waals surface area (Å²) in [6.45, 7) is 4.13. The molecule has 0 bridgehead atoms. The Bertz CT molecular complexity index is 598. The fourth-order valence-electron chi connectivity index (χ4n) is 1.33. The van der Waals surface area contributed by atoms with E-state index >= 15 is 0 Å². The van der Waals surface area contributed by atoms with Gasteiger partial charge in [-0.15, -0.1) is 0 Å². The van der Waals surface area contributed by atoms with Gasteiger partial charge in [0, 0.05) is 11.8 Å². The first kappa shape index (κ1) is 12.3. The molecular formula is C11H11ClN6. The molecule has 2 aromatic rings. The Labute approximate surface area is 109 Å². The summed E-state index contributed by atoms with van der Waals surface area (Å²) < 4.78 is 0. The molecule has 0 aliphatic rings. The standard InChI is InChI=1S/C11H11ClN6/c1-6(2)7-3-9(18-17-7)15-10-5-14-8(4-13)11(12)16-10/h3,5-6H,1-2H3,(H2,15,16,17,18). The van der Waals surface area contributed by atoms with Crippen molar-refractivity contribution in [3.05, 3.63) is 28.8 Å². The second-order valence-corrected chi connectivity index (χ2v) is 4.35. The highest BCUT2D eigenvalue weighted by atomic mass is 35.5. The predicted octanol–water partition coefficient (Wildman–Crippen LogP) is 2.59. The van der Waals surface area contributed by atoms with Gasteiger partial charge in [0.1, 0.15) is 6.07 Å². The van der Waals surface area contributed by atoms with Crippen molar-refractivity contribution in [2.45, 2.75) is 19.8 Å². The van der Waals surface area contributed by atoms with Gasteiger partial charge in [0.05, 0.1) is 6.20 Å². The molecule has 2 heterocycles. The van der Waals surface area contributed by atoms with Gasteiger partial charge in [0.25, 0.3) is 0 Å². The number of hydrogen-bond acceptors (Lipinski definition) is 5. The summed E-state index contributed by atoms with van der Waals surface area (Å²) in [5.41, 5.74) is 1.12. The zero-order chi connectivity index (χ0) is 13.1. The van der Waals surface area contributed by atoms with Crippen molar-refractivity contribution < 1.29 is 0 Å². The molecule has 0 aliphatic heterocycles. The lowest BCUT2D eigenvalue weighted by Gasteiger charge is -2.01. The van der Waals surface area contributed by atoms with E-state index < -0.39 is 0 Å². The molecule has 6 nitrogen and oxygen atoms in total. The van der Waals surface area contributed by atoms with Crippen LogP contribution in [0.1, 0.15) is 31.2 Å². The summed E-state index contributed by atoms with van der Waals surface area (Å²) >= 11 is 5.79. The summed E-state index contributed by atoms with van der Waals surface area (Å²) in [5.74, 6) is 1.44. The van der Waals surface area contributed by atoms with Gasteiger partial charge in [0.15, 0.2) is 22.5 Å². The minimum atomic E-state index is 0.0714. The van der Waals surface area contributed by atoms with Gasteiger partial charge in [-0.3, -0.25) is 5.10 Å². The third kappa shape index (κ3) is 2.57. The van der Waals surface area contributed by atoms with E-state index in [1.54, 1.807) is 0 Å². The van der Waals surface area contributed by atoms with Gasteiger partial charge in [0.2, 0.25) is 0 Å². The average Bonchev–Trinajstić information content (AvgIpc) is 2.78. The van der Waals surface area contributed by atoms with Crippen LogP contribution in [-0.2, 0) is 0 Å². The number of anilines is 2. The Hall–Kier alpha value is -2.13. The van der Waals surface area contributed by atoms with Crippen molar-refractivity contribution in [3.8, 4) is 6.07 Å². The number of nitrogens with one attached hydrogen (secondary N) is 2. The number of hydrogen-bond donors (Lipinski definition) is 2. The van der Waals surface area contributed by atoms with E-state index in [0.29, 0.717) is 17.6 Å². The van der Waals surface area contributed by atoms with E-state index in [1.807, 2.05) is 12.1 Å². The minimum absolute atomic E-state index is 0.0714. The minimum Gasteiger partial charge on any atom is -0.322 e. The van der Waals surface area contributed by atoms with Crippen LogP contribution in [0.3, 0.4) is 0 Å². The van der Waals surface area contributed by atoms with Gasteiger partial charge in [-0.1, -0.05) is 25.4 Å². The molecule has 0 aromatic carbocycles. The molecule has 92 valence electrons. The van der Waals surface area contributed by atoms with E-state index in [2.05, 4.69) is 39.3 Å². The molecule has 2 rings (SSSR count). The van der Waals surface area contributed by atoms with E-state index in [4.69, 9.17) is 16.9 Å². The number of nitriles is 1. The quantitative estimate of drug-likeness (QED) is 0.887. The van der Waals surface area contributed by atoms with E-state index in [9.17, 15) is 0 Å². The molecule has 0 spiro atoms. The van der Waals surface area contributed by atoms with Crippen molar-refractivity contribution in [2.75, 3.05) is 5.32 Å². The third-order valence-electron chi connectivity index (χ3n) is 2.31. The van der Waals surface area contributed by atoms with Gasteiger partial charge in [-0.25, -0.2) is 9.97 Å². The highest BCUT2D eigenvalue weighted by Crippen LogP contribution is 2.19. The fourth-order valence-corrected chi connectivity index (χ4v) is 1.51. The topological polar surface area (TPSA) is 90.3 Å². The summed E-state index contributed by atoms with van der Waals surface area (Å²) in [6.07, 6.45) is 1.44. The van der Waals surface area contributed by atoms with Crippen LogP contribution in [0.2, 0.25) is 5.15 Å². The molecule has 0 saturated heterocycles. The molecule has 0 amide bonds. The van der Waals surface area contributed by atoms with E-state index in [0.717, 1.165) is 5.69 Å². The zero-order valence-electron chi connectivity index (χ0n) is 9.90. The lowest BCUT2D eigenvalue weighted by molar-refractivity contribution is 0.811. The lowest BCUT2D eigenvalue weighted by Crippen LogP contribution is -1.97. The van der Waals surface area contributed by atoms with Gasteiger partial charge in [-0.05, 0) is 5.92 Å². The maximum absolute atomic E-state index is 8.69. The number of halogens is 1. The maximum atomic E-state index is 8.69. The normalized spacial score (nSPS) is 10.4. The Morgan fingerprint density at radius 2 is 2.22 bits per heavy atom. The average molecular weight is 263 g/mol. The second-order valence-electron chi connectivity index (χ2n) is 3.99. The van der Waals surface area contributed by atoms with Gasteiger partial charge < -0.3 is 5.32 Å². The third-order valence-corrected chi connectivity index (χ3v) is 2.58. The summed E-state index contributed by atoms with van der Waals surface area (Å²) in [7, 11) is 0. The number of aromatic nitrogens is 4. The highest BCUT2D eigenvalue weighted by molar-refractivity contribution is 6.30. The molecule has 0 radical (unpaired) electrons. The van der Waals surface area contributed by atoms with Crippen LogP contribution in [-0.4, -0.2) is 20.2 Å². The molecular weight excluding hydrogens is 252 g/mol. The maximum Gasteiger partial charge on any atom is 0.178 e. The van der Waals surface area contributed by atoms with Gasteiger partial charge >= 0.3 is 0 Å². The summed E-state index contributed by atoms with van der Waals surface area (Å²) in [6, 6.07) is 3.74. The van der Waals surface area contributed by atoms with Crippen molar-refractivity contribution >= 4 is 23.2 Å². The molecule has 2 N–H and O–H groups in total. The molecule has 0 unspecified atom stereocenters. The van der Waals surface area contributed by atoms with Crippen LogP contribution in [0.5, 0.6) is 0 Å². The van der Waals surface area contributed by atoms with Crippen LogP contribution in [0.25, 0.3) is 0 Å². The Morgan fingerprint density at radius 1 is 1.44 bits per heavy atom. The monoisotopic (exact) mass is 262 g/mol. The lowest BCUT2D eigenvalue weighted by atomic mass is 10.1. The fraction of sp³-hybridized carbons (Fsp3) is 0.273. The van der Waals surface area contributed by atoms with Crippen LogP contribution in [0.15, 0.2) is 12.3 Å².